The molecule has 5 nitrogen and oxygen atoms in total. The average Bonchev–Trinajstić information content (AvgIpc) is 2.91. The summed E-state index contributed by atoms with van der Waals surface area (Å²) < 4.78 is 11.6. The Morgan fingerprint density at radius 2 is 1.77 bits per heavy atom. The molecule has 0 amide bonds. The molecule has 0 saturated heterocycles. The molecule has 0 unspecified atom stereocenters. The van der Waals surface area contributed by atoms with E-state index < -0.39 is 0 Å². The molecule has 2 heterocycles. The van der Waals surface area contributed by atoms with Crippen molar-refractivity contribution in [2.75, 3.05) is 14.2 Å². The van der Waals surface area contributed by atoms with Crippen LogP contribution in [-0.4, -0.2) is 29.2 Å². The highest BCUT2D eigenvalue weighted by Crippen LogP contribution is 2.23. The minimum atomic E-state index is 0.802. The fraction of sp³-hybridized carbons (Fsp3) is 0.250. The molecule has 0 atom stereocenters. The maximum Gasteiger partial charge on any atom is 0.156 e. The number of nitrogens with one attached hydrogen (secondary N) is 1. The molecule has 1 aromatic carbocycles. The van der Waals surface area contributed by atoms with E-state index in [1.165, 1.54) is 0 Å². The van der Waals surface area contributed by atoms with Crippen LogP contribution in [0.2, 0.25) is 0 Å². The predicted molar refractivity (Wildman–Crippen MR) is 93.6 cm³/mol. The first-order chi connectivity index (χ1) is 10.7. The molecule has 0 radical (unpaired) electrons. The Morgan fingerprint density at radius 3 is 2.45 bits per heavy atom. The molecular weight excluding hydrogens is 393 g/mol. The molecule has 114 valence electrons. The van der Waals surface area contributed by atoms with Gasteiger partial charge in [-0.25, -0.2) is 9.97 Å². The molecular formula is C16H16IN3O2. The first kappa shape index (κ1) is 15.1. The summed E-state index contributed by atoms with van der Waals surface area (Å²) in [6.45, 7) is 0. The molecule has 0 saturated carbocycles. The van der Waals surface area contributed by atoms with E-state index in [4.69, 9.17) is 9.47 Å². The van der Waals surface area contributed by atoms with E-state index in [1.54, 1.807) is 14.2 Å². The van der Waals surface area contributed by atoms with Gasteiger partial charge in [0, 0.05) is 6.07 Å². The van der Waals surface area contributed by atoms with Gasteiger partial charge in [-0.3, -0.25) is 0 Å². The van der Waals surface area contributed by atoms with Crippen molar-refractivity contribution in [1.82, 2.24) is 15.0 Å². The molecule has 0 fully saturated rings. The van der Waals surface area contributed by atoms with Crippen molar-refractivity contribution in [2.45, 2.75) is 12.8 Å². The zero-order valence-corrected chi connectivity index (χ0v) is 14.5. The topological polar surface area (TPSA) is 60.0 Å². The Bertz CT molecular complexity index is 779. The lowest BCUT2D eigenvalue weighted by atomic mass is 10.1. The number of aromatic amines is 1. The number of halogens is 1. The zero-order chi connectivity index (χ0) is 15.5. The second kappa shape index (κ2) is 6.51. The van der Waals surface area contributed by atoms with E-state index in [0.717, 1.165) is 50.5 Å². The lowest BCUT2D eigenvalue weighted by Crippen LogP contribution is -1.97. The van der Waals surface area contributed by atoms with Crippen LogP contribution < -0.4 is 9.47 Å². The van der Waals surface area contributed by atoms with Gasteiger partial charge in [0.1, 0.15) is 17.0 Å². The first-order valence-electron chi connectivity index (χ1n) is 6.90. The van der Waals surface area contributed by atoms with E-state index in [1.807, 2.05) is 30.5 Å². The quantitative estimate of drug-likeness (QED) is 0.657. The summed E-state index contributed by atoms with van der Waals surface area (Å²) in [5, 5.41) is 0. The number of ether oxygens (including phenoxy) is 2. The van der Waals surface area contributed by atoms with Crippen molar-refractivity contribution in [3.63, 3.8) is 0 Å². The minimum Gasteiger partial charge on any atom is -0.497 e. The molecule has 6 heteroatoms. The number of methoxy groups -OCH3 is 2. The number of fused-ring (bicyclic) bond motifs is 1. The maximum absolute atomic E-state index is 5.30. The molecule has 0 bridgehead atoms. The molecule has 1 N–H and O–H groups in total. The van der Waals surface area contributed by atoms with Crippen LogP contribution in [0.4, 0.5) is 0 Å². The average molecular weight is 409 g/mol. The standard InChI is InChI=1S/C16H16IN3O2/c1-21-12-5-10(6-13(7-12)22-2)3-4-11-9-18-16-14(19-11)8-15(17)20-16/h5-9H,3-4H2,1-2H3,(H,18,20). The monoisotopic (exact) mass is 409 g/mol. The summed E-state index contributed by atoms with van der Waals surface area (Å²) in [4.78, 5) is 12.2. The highest BCUT2D eigenvalue weighted by Gasteiger charge is 2.06. The van der Waals surface area contributed by atoms with Crippen LogP contribution >= 0.6 is 22.6 Å². The molecule has 3 rings (SSSR count). The Hall–Kier alpha value is -1.83. The summed E-state index contributed by atoms with van der Waals surface area (Å²) in [6.07, 6.45) is 3.50. The third-order valence-electron chi connectivity index (χ3n) is 3.43. The lowest BCUT2D eigenvalue weighted by Gasteiger charge is -2.08. The van der Waals surface area contributed by atoms with Gasteiger partial charge >= 0.3 is 0 Å². The second-order valence-corrected chi connectivity index (χ2v) is 6.10. The molecule has 3 aromatic rings. The van der Waals surface area contributed by atoms with Gasteiger partial charge < -0.3 is 14.5 Å². The number of aryl methyl sites for hydroxylation is 2. The highest BCUT2D eigenvalue weighted by atomic mass is 127. The Kier molecular flexibility index (Phi) is 4.47. The van der Waals surface area contributed by atoms with Crippen molar-refractivity contribution in [3.8, 4) is 11.5 Å². The maximum atomic E-state index is 5.30. The molecule has 2 aromatic heterocycles. The van der Waals surface area contributed by atoms with E-state index in [0.29, 0.717) is 0 Å². The fourth-order valence-electron chi connectivity index (χ4n) is 2.31. The largest absolute Gasteiger partial charge is 0.497 e. The van der Waals surface area contributed by atoms with Gasteiger partial charge in [0.15, 0.2) is 5.65 Å². The molecule has 0 aliphatic rings. The first-order valence-corrected chi connectivity index (χ1v) is 7.98. The van der Waals surface area contributed by atoms with Crippen molar-refractivity contribution in [2.24, 2.45) is 0 Å². The van der Waals surface area contributed by atoms with Crippen molar-refractivity contribution in [3.05, 3.63) is 45.4 Å². The van der Waals surface area contributed by atoms with Crippen LogP contribution in [0.5, 0.6) is 11.5 Å². The predicted octanol–water partition coefficient (Wildman–Crippen LogP) is 3.36. The number of aromatic nitrogens is 3. The third-order valence-corrected chi connectivity index (χ3v) is 4.01. The van der Waals surface area contributed by atoms with Gasteiger partial charge in [-0.2, -0.15) is 0 Å². The number of H-pyrrole nitrogens is 1. The molecule has 0 aliphatic carbocycles. The van der Waals surface area contributed by atoms with Crippen LogP contribution in [0.1, 0.15) is 11.3 Å². The van der Waals surface area contributed by atoms with Crippen molar-refractivity contribution >= 4 is 33.8 Å². The summed E-state index contributed by atoms with van der Waals surface area (Å²) in [7, 11) is 3.32. The number of nitrogens with zero attached hydrogens (tertiary/aromatic N) is 2. The van der Waals surface area contributed by atoms with Crippen LogP contribution in [-0.2, 0) is 12.8 Å². The van der Waals surface area contributed by atoms with E-state index in [2.05, 4.69) is 37.5 Å². The smallest absolute Gasteiger partial charge is 0.156 e. The van der Waals surface area contributed by atoms with Gasteiger partial charge in [-0.1, -0.05) is 0 Å². The van der Waals surface area contributed by atoms with Gasteiger partial charge in [-0.15, -0.1) is 0 Å². The van der Waals surface area contributed by atoms with Gasteiger partial charge in [-0.05, 0) is 59.2 Å². The molecule has 22 heavy (non-hydrogen) atoms. The van der Waals surface area contributed by atoms with Crippen LogP contribution in [0, 0.1) is 3.70 Å². The minimum absolute atomic E-state index is 0.802. The van der Waals surface area contributed by atoms with Crippen molar-refractivity contribution in [1.29, 1.82) is 0 Å². The number of benzene rings is 1. The second-order valence-electron chi connectivity index (χ2n) is 4.93. The number of hydrogen-bond acceptors (Lipinski definition) is 4. The summed E-state index contributed by atoms with van der Waals surface area (Å²) in [5.41, 5.74) is 3.87. The molecule has 0 spiro atoms. The van der Waals surface area contributed by atoms with Crippen LogP contribution in [0.25, 0.3) is 11.2 Å². The summed E-state index contributed by atoms with van der Waals surface area (Å²) in [6, 6.07) is 7.92. The Morgan fingerprint density at radius 1 is 1.05 bits per heavy atom. The fourth-order valence-corrected chi connectivity index (χ4v) is 2.86. The van der Waals surface area contributed by atoms with Crippen LogP contribution in [0.15, 0.2) is 30.5 Å². The SMILES string of the molecule is COc1cc(CCc2cnc3[nH]c(I)cc3n2)cc(OC)c1. The van der Waals surface area contributed by atoms with Crippen molar-refractivity contribution < 1.29 is 9.47 Å². The normalized spacial score (nSPS) is 10.9. The van der Waals surface area contributed by atoms with E-state index in [-0.39, 0.29) is 0 Å². The van der Waals surface area contributed by atoms with Gasteiger partial charge in [0.2, 0.25) is 0 Å². The van der Waals surface area contributed by atoms with Gasteiger partial charge in [0.25, 0.3) is 0 Å². The third kappa shape index (κ3) is 3.32. The Labute approximate surface area is 142 Å². The summed E-state index contributed by atoms with van der Waals surface area (Å²) >= 11 is 2.23. The van der Waals surface area contributed by atoms with E-state index in [9.17, 15) is 0 Å². The Balaban J connectivity index is 1.78. The lowest BCUT2D eigenvalue weighted by molar-refractivity contribution is 0.393. The summed E-state index contributed by atoms with van der Waals surface area (Å²) in [5.74, 6) is 1.60. The van der Waals surface area contributed by atoms with Gasteiger partial charge in [0.05, 0.1) is 29.8 Å². The zero-order valence-electron chi connectivity index (χ0n) is 12.4. The molecule has 0 aliphatic heterocycles. The van der Waals surface area contributed by atoms with Crippen LogP contribution in [0.3, 0.4) is 0 Å². The number of hydrogen-bond donors (Lipinski definition) is 1. The highest BCUT2D eigenvalue weighted by molar-refractivity contribution is 14.1. The van der Waals surface area contributed by atoms with E-state index >= 15 is 0 Å². The number of rotatable bonds is 5.